The van der Waals surface area contributed by atoms with Crippen molar-refractivity contribution in [2.45, 2.75) is 43.1 Å². The van der Waals surface area contributed by atoms with Crippen LogP contribution in [0.25, 0.3) is 0 Å². The van der Waals surface area contributed by atoms with Crippen molar-refractivity contribution in [3.8, 4) is 0 Å². The highest BCUT2D eigenvalue weighted by molar-refractivity contribution is 6.32. The van der Waals surface area contributed by atoms with Crippen molar-refractivity contribution in [1.82, 2.24) is 0 Å². The van der Waals surface area contributed by atoms with Gasteiger partial charge in [-0.05, 0) is 25.7 Å². The monoisotopic (exact) mass is 174 g/mol. The normalized spacial score (nSPS) is 34.6. The molecule has 0 radical (unpaired) electrons. The topological polar surface area (TPSA) is 26.3 Å². The first kappa shape index (κ1) is 7.41. The molecule has 1 atom stereocenters. The first-order valence-corrected chi connectivity index (χ1v) is 4.55. The van der Waals surface area contributed by atoms with Gasteiger partial charge in [-0.25, -0.2) is 0 Å². The van der Waals surface area contributed by atoms with E-state index in [2.05, 4.69) is 0 Å². The lowest BCUT2D eigenvalue weighted by Gasteiger charge is -2.46. The fourth-order valence-electron chi connectivity index (χ4n) is 1.97. The van der Waals surface area contributed by atoms with E-state index in [1.807, 2.05) is 0 Å². The minimum absolute atomic E-state index is 0.228. The van der Waals surface area contributed by atoms with Crippen LogP contribution in [0.5, 0.6) is 0 Å². The van der Waals surface area contributed by atoms with Crippen LogP contribution in [0.2, 0.25) is 0 Å². The fourth-order valence-corrected chi connectivity index (χ4v) is 2.27. The summed E-state index contributed by atoms with van der Waals surface area (Å²) in [5.74, 6) is -0.228. The molecule has 3 heteroatoms. The van der Waals surface area contributed by atoms with Gasteiger partial charge in [0.1, 0.15) is 5.60 Å². The maximum Gasteiger partial charge on any atom is 0.328 e. The van der Waals surface area contributed by atoms with Crippen molar-refractivity contribution in [3.05, 3.63) is 0 Å². The Morgan fingerprint density at radius 3 is 2.45 bits per heavy atom. The summed E-state index contributed by atoms with van der Waals surface area (Å²) in [4.78, 5) is 10.7. The number of halogens is 1. The van der Waals surface area contributed by atoms with E-state index in [9.17, 15) is 4.79 Å². The lowest BCUT2D eigenvalue weighted by atomic mass is 9.79. The molecular weight excluding hydrogens is 164 g/mol. The lowest BCUT2D eigenvalue weighted by Crippen LogP contribution is -2.59. The summed E-state index contributed by atoms with van der Waals surface area (Å²) in [5.41, 5.74) is -0.253. The van der Waals surface area contributed by atoms with Crippen LogP contribution >= 0.6 is 11.6 Å². The zero-order chi connectivity index (χ0) is 7.90. The minimum Gasteiger partial charge on any atom is -0.456 e. The highest BCUT2D eigenvalue weighted by Crippen LogP contribution is 2.44. The van der Waals surface area contributed by atoms with E-state index in [0.717, 1.165) is 25.7 Å². The average Bonchev–Trinajstić information content (AvgIpc) is 2.06. The summed E-state index contributed by atoms with van der Waals surface area (Å²) in [6.07, 6.45) is 5.48. The fraction of sp³-hybridized carbons (Fsp3) is 0.875. The maximum absolute atomic E-state index is 10.7. The van der Waals surface area contributed by atoms with Crippen molar-refractivity contribution >= 4 is 17.6 Å². The third-order valence-electron chi connectivity index (χ3n) is 2.67. The van der Waals surface area contributed by atoms with Gasteiger partial charge >= 0.3 is 5.97 Å². The molecule has 1 saturated carbocycles. The number of carbonyl (C=O) groups excluding carboxylic acids is 1. The number of carbonyl (C=O) groups is 1. The quantitative estimate of drug-likeness (QED) is 0.414. The Kier molecular flexibility index (Phi) is 1.60. The molecule has 62 valence electrons. The van der Waals surface area contributed by atoms with Crippen molar-refractivity contribution in [3.63, 3.8) is 0 Å². The molecule has 1 heterocycles. The zero-order valence-corrected chi connectivity index (χ0v) is 7.06. The van der Waals surface area contributed by atoms with Crippen LogP contribution in [0.3, 0.4) is 0 Å². The molecule has 0 amide bonds. The van der Waals surface area contributed by atoms with Crippen molar-refractivity contribution < 1.29 is 9.53 Å². The van der Waals surface area contributed by atoms with Gasteiger partial charge in [0.25, 0.3) is 0 Å². The molecule has 1 aliphatic heterocycles. The van der Waals surface area contributed by atoms with Crippen molar-refractivity contribution in [2.24, 2.45) is 0 Å². The van der Waals surface area contributed by atoms with E-state index < -0.39 is 0 Å². The molecule has 0 aromatic rings. The summed E-state index contributed by atoms with van der Waals surface area (Å²) < 4.78 is 5.11. The highest BCUT2D eigenvalue weighted by atomic mass is 35.5. The van der Waals surface area contributed by atoms with Crippen LogP contribution in [0.4, 0.5) is 0 Å². The van der Waals surface area contributed by atoms with E-state index >= 15 is 0 Å². The second kappa shape index (κ2) is 2.37. The Labute approximate surface area is 70.9 Å². The van der Waals surface area contributed by atoms with Crippen LogP contribution in [0.1, 0.15) is 32.1 Å². The average molecular weight is 175 g/mol. The summed E-state index contributed by atoms with van der Waals surface area (Å²) >= 11 is 5.86. The highest BCUT2D eigenvalue weighted by Gasteiger charge is 2.55. The number of rotatable bonds is 0. The molecule has 0 N–H and O–H groups in total. The Morgan fingerprint density at radius 2 is 2.00 bits per heavy atom. The van der Waals surface area contributed by atoms with E-state index in [1.165, 1.54) is 6.42 Å². The van der Waals surface area contributed by atoms with Gasteiger partial charge < -0.3 is 4.74 Å². The predicted octanol–water partition coefficient (Wildman–Crippen LogP) is 1.85. The molecule has 1 aliphatic carbocycles. The molecule has 2 nitrogen and oxygen atoms in total. The number of alkyl halides is 1. The summed E-state index contributed by atoms with van der Waals surface area (Å²) in [7, 11) is 0. The van der Waals surface area contributed by atoms with E-state index in [1.54, 1.807) is 0 Å². The zero-order valence-electron chi connectivity index (χ0n) is 6.31. The largest absolute Gasteiger partial charge is 0.456 e. The molecule has 0 bridgehead atoms. The van der Waals surface area contributed by atoms with Gasteiger partial charge in [0.15, 0.2) is 5.38 Å². The smallest absolute Gasteiger partial charge is 0.328 e. The summed E-state index contributed by atoms with van der Waals surface area (Å²) in [6.45, 7) is 0. The number of hydrogen-bond acceptors (Lipinski definition) is 2. The maximum atomic E-state index is 10.7. The molecular formula is C8H11ClO2. The molecule has 11 heavy (non-hydrogen) atoms. The van der Waals surface area contributed by atoms with Crippen molar-refractivity contribution in [1.29, 1.82) is 0 Å². The summed E-state index contributed by atoms with van der Waals surface area (Å²) in [6, 6.07) is 0. The Morgan fingerprint density at radius 1 is 1.36 bits per heavy atom. The standard InChI is InChI=1S/C8H11ClO2/c9-6-7(10)11-8(6)4-2-1-3-5-8/h6H,1-5H2. The first-order chi connectivity index (χ1) is 5.25. The second-order valence-electron chi connectivity index (χ2n) is 3.41. The van der Waals surface area contributed by atoms with Gasteiger partial charge in [-0.3, -0.25) is 4.79 Å². The van der Waals surface area contributed by atoms with Gasteiger partial charge in [-0.1, -0.05) is 6.42 Å². The SMILES string of the molecule is O=C1OC2(CCCCC2)C1Cl. The molecule has 1 unspecified atom stereocenters. The lowest BCUT2D eigenvalue weighted by molar-refractivity contribution is -0.194. The Hall–Kier alpha value is -0.240. The molecule has 2 aliphatic rings. The Balaban J connectivity index is 2.05. The Bertz CT molecular complexity index is 185. The van der Waals surface area contributed by atoms with Gasteiger partial charge in [0.2, 0.25) is 0 Å². The molecule has 0 aromatic carbocycles. The molecule has 2 fully saturated rings. The van der Waals surface area contributed by atoms with Crippen LogP contribution < -0.4 is 0 Å². The molecule has 1 saturated heterocycles. The first-order valence-electron chi connectivity index (χ1n) is 4.12. The third-order valence-corrected chi connectivity index (χ3v) is 3.25. The van der Waals surface area contributed by atoms with E-state index in [4.69, 9.17) is 16.3 Å². The van der Waals surface area contributed by atoms with Gasteiger partial charge in [-0.15, -0.1) is 11.6 Å². The predicted molar refractivity (Wildman–Crippen MR) is 41.5 cm³/mol. The molecule has 1 spiro atoms. The molecule has 2 rings (SSSR count). The minimum atomic E-state index is -0.359. The van der Waals surface area contributed by atoms with Crippen LogP contribution in [-0.2, 0) is 9.53 Å². The number of hydrogen-bond donors (Lipinski definition) is 0. The number of ether oxygens (including phenoxy) is 1. The third kappa shape index (κ3) is 0.959. The van der Waals surface area contributed by atoms with E-state index in [-0.39, 0.29) is 16.9 Å². The van der Waals surface area contributed by atoms with Crippen LogP contribution in [0.15, 0.2) is 0 Å². The van der Waals surface area contributed by atoms with Crippen molar-refractivity contribution in [2.75, 3.05) is 0 Å². The van der Waals surface area contributed by atoms with Crippen LogP contribution in [-0.4, -0.2) is 16.9 Å². The number of esters is 1. The van der Waals surface area contributed by atoms with Gasteiger partial charge in [0.05, 0.1) is 0 Å². The second-order valence-corrected chi connectivity index (χ2v) is 3.85. The van der Waals surface area contributed by atoms with E-state index in [0.29, 0.717) is 0 Å². The van der Waals surface area contributed by atoms with Gasteiger partial charge in [0, 0.05) is 0 Å². The van der Waals surface area contributed by atoms with Gasteiger partial charge in [-0.2, -0.15) is 0 Å². The molecule has 0 aromatic heterocycles. The summed E-state index contributed by atoms with van der Waals surface area (Å²) in [5, 5.41) is -0.359. The van der Waals surface area contributed by atoms with Crippen LogP contribution in [0, 0.1) is 0 Å².